The molecular formula is C21H19ClN4O4. The number of halogens is 1. The van der Waals surface area contributed by atoms with E-state index in [4.69, 9.17) is 21.1 Å². The molecule has 2 aliphatic rings. The van der Waals surface area contributed by atoms with Gasteiger partial charge in [0.05, 0.1) is 6.04 Å². The lowest BCUT2D eigenvalue weighted by molar-refractivity contribution is 0.0912. The summed E-state index contributed by atoms with van der Waals surface area (Å²) in [7, 11) is 0. The zero-order chi connectivity index (χ0) is 21.1. The van der Waals surface area contributed by atoms with E-state index in [2.05, 4.69) is 10.3 Å². The average Bonchev–Trinajstić information content (AvgIpc) is 3.13. The van der Waals surface area contributed by atoms with Crippen molar-refractivity contribution in [2.75, 3.05) is 13.2 Å². The van der Waals surface area contributed by atoms with Crippen LogP contribution in [0, 0.1) is 11.3 Å². The zero-order valence-electron chi connectivity index (χ0n) is 16.0. The second-order valence-electron chi connectivity index (χ2n) is 7.18. The Morgan fingerprint density at radius 1 is 1.37 bits per heavy atom. The lowest BCUT2D eigenvalue weighted by Crippen LogP contribution is -2.44. The largest absolute Gasteiger partial charge is 0.490 e. The van der Waals surface area contributed by atoms with Crippen molar-refractivity contribution in [3.05, 3.63) is 58.4 Å². The van der Waals surface area contributed by atoms with E-state index in [0.717, 1.165) is 5.56 Å². The minimum Gasteiger partial charge on any atom is -0.490 e. The number of nitrogens with one attached hydrogen (secondary N) is 1. The first-order valence-corrected chi connectivity index (χ1v) is 9.94. The summed E-state index contributed by atoms with van der Waals surface area (Å²) in [6, 6.07) is 12.1. The van der Waals surface area contributed by atoms with E-state index in [-0.39, 0.29) is 29.6 Å². The molecule has 2 aromatic rings. The van der Waals surface area contributed by atoms with Crippen LogP contribution in [0.1, 0.15) is 34.6 Å². The number of amides is 2. The van der Waals surface area contributed by atoms with E-state index in [9.17, 15) is 14.9 Å². The number of nitrogens with zero attached hydrogens (tertiary/aromatic N) is 3. The summed E-state index contributed by atoms with van der Waals surface area (Å²) in [5, 5.41) is 12.7. The number of fused-ring (bicyclic) bond motifs is 1. The van der Waals surface area contributed by atoms with Gasteiger partial charge in [-0.15, -0.1) is 0 Å². The SMILES string of the molecule is N#Cc1cc(O[C@H]2CCN3C(=O)OC[C@@H]3C2)cc(C(=O)NCc2ccc(Cl)cc2)n1. The zero-order valence-corrected chi connectivity index (χ0v) is 16.8. The Hall–Kier alpha value is -3.31. The normalized spacial score (nSPS) is 20.1. The number of rotatable bonds is 5. The quantitative estimate of drug-likeness (QED) is 0.788. The number of carbonyl (C=O) groups excluding carboxylic acids is 2. The molecule has 4 rings (SSSR count). The van der Waals surface area contributed by atoms with E-state index in [1.54, 1.807) is 17.0 Å². The number of benzene rings is 1. The molecule has 1 aromatic heterocycles. The van der Waals surface area contributed by atoms with Crippen molar-refractivity contribution in [1.29, 1.82) is 5.26 Å². The third kappa shape index (κ3) is 4.47. The molecule has 0 unspecified atom stereocenters. The Morgan fingerprint density at radius 3 is 2.93 bits per heavy atom. The molecule has 30 heavy (non-hydrogen) atoms. The van der Waals surface area contributed by atoms with Crippen LogP contribution in [0.25, 0.3) is 0 Å². The van der Waals surface area contributed by atoms with Crippen LogP contribution in [0.15, 0.2) is 36.4 Å². The summed E-state index contributed by atoms with van der Waals surface area (Å²) in [6.45, 7) is 1.22. The van der Waals surface area contributed by atoms with Gasteiger partial charge in [0.1, 0.15) is 35.9 Å². The van der Waals surface area contributed by atoms with Crippen LogP contribution in [-0.4, -0.2) is 47.2 Å². The van der Waals surface area contributed by atoms with E-state index in [1.807, 2.05) is 18.2 Å². The van der Waals surface area contributed by atoms with E-state index >= 15 is 0 Å². The number of pyridine rings is 1. The fourth-order valence-electron chi connectivity index (χ4n) is 3.58. The van der Waals surface area contributed by atoms with Gasteiger partial charge < -0.3 is 19.7 Å². The smallest absolute Gasteiger partial charge is 0.410 e. The van der Waals surface area contributed by atoms with Gasteiger partial charge in [0.15, 0.2) is 0 Å². The molecule has 2 saturated heterocycles. The number of piperidine rings is 1. The van der Waals surface area contributed by atoms with Crippen molar-refractivity contribution >= 4 is 23.6 Å². The number of cyclic esters (lactones) is 1. The summed E-state index contributed by atoms with van der Waals surface area (Å²) in [4.78, 5) is 30.0. The summed E-state index contributed by atoms with van der Waals surface area (Å²) in [5.41, 5.74) is 1.09. The number of carbonyl (C=O) groups is 2. The molecular weight excluding hydrogens is 408 g/mol. The summed E-state index contributed by atoms with van der Waals surface area (Å²) in [5.74, 6) is -0.00149. The molecule has 0 spiro atoms. The van der Waals surface area contributed by atoms with Gasteiger partial charge in [-0.05, 0) is 17.7 Å². The highest BCUT2D eigenvalue weighted by Gasteiger charge is 2.38. The van der Waals surface area contributed by atoms with Gasteiger partial charge in [0.25, 0.3) is 5.91 Å². The number of hydrogen-bond acceptors (Lipinski definition) is 6. The summed E-state index contributed by atoms with van der Waals surface area (Å²) in [6.07, 6.45) is 0.857. The molecule has 9 heteroatoms. The van der Waals surface area contributed by atoms with E-state index in [1.165, 1.54) is 12.1 Å². The standard InChI is InChI=1S/C21H19ClN4O4/c22-14-3-1-13(2-4-14)11-24-20(27)19-9-18(7-15(10-23)25-19)30-17-5-6-26-16(8-17)12-29-21(26)28/h1-4,7,9,16-17H,5-6,8,11-12H2,(H,24,27)/t16-,17-/m0/s1. The highest BCUT2D eigenvalue weighted by atomic mass is 35.5. The van der Waals surface area contributed by atoms with Crippen molar-refractivity contribution in [1.82, 2.24) is 15.2 Å². The first-order chi connectivity index (χ1) is 14.5. The average molecular weight is 427 g/mol. The number of ether oxygens (including phenoxy) is 2. The molecule has 2 fully saturated rings. The second kappa shape index (κ2) is 8.59. The predicted octanol–water partition coefficient (Wildman–Crippen LogP) is 2.90. The summed E-state index contributed by atoms with van der Waals surface area (Å²) < 4.78 is 11.1. The molecule has 0 bridgehead atoms. The molecule has 3 heterocycles. The molecule has 2 atom stereocenters. The molecule has 1 aromatic carbocycles. The van der Waals surface area contributed by atoms with Crippen LogP contribution in [-0.2, 0) is 11.3 Å². The number of hydrogen-bond donors (Lipinski definition) is 1. The van der Waals surface area contributed by atoms with Crippen molar-refractivity contribution < 1.29 is 19.1 Å². The molecule has 0 aliphatic carbocycles. The van der Waals surface area contributed by atoms with Crippen LogP contribution in [0.5, 0.6) is 5.75 Å². The van der Waals surface area contributed by atoms with Crippen LogP contribution in [0.2, 0.25) is 5.02 Å². The topological polar surface area (TPSA) is 105 Å². The van der Waals surface area contributed by atoms with Crippen LogP contribution in [0.3, 0.4) is 0 Å². The maximum Gasteiger partial charge on any atom is 0.410 e. The third-order valence-corrected chi connectivity index (χ3v) is 5.37. The van der Waals surface area contributed by atoms with Crippen LogP contribution in [0.4, 0.5) is 4.79 Å². The van der Waals surface area contributed by atoms with Crippen molar-refractivity contribution in [3.8, 4) is 11.8 Å². The predicted molar refractivity (Wildman–Crippen MR) is 107 cm³/mol. The van der Waals surface area contributed by atoms with Crippen molar-refractivity contribution in [3.63, 3.8) is 0 Å². The number of nitriles is 1. The lowest BCUT2D eigenvalue weighted by Gasteiger charge is -2.32. The minimum absolute atomic E-state index is 0.00401. The second-order valence-corrected chi connectivity index (χ2v) is 7.62. The highest BCUT2D eigenvalue weighted by molar-refractivity contribution is 6.30. The molecule has 2 aliphatic heterocycles. The Balaban J connectivity index is 1.42. The number of aromatic nitrogens is 1. The van der Waals surface area contributed by atoms with Gasteiger partial charge in [0.2, 0.25) is 0 Å². The fourth-order valence-corrected chi connectivity index (χ4v) is 3.71. The Kier molecular flexibility index (Phi) is 5.72. The van der Waals surface area contributed by atoms with Crippen molar-refractivity contribution in [2.24, 2.45) is 0 Å². The monoisotopic (exact) mass is 426 g/mol. The molecule has 0 saturated carbocycles. The maximum atomic E-state index is 12.6. The molecule has 154 valence electrons. The summed E-state index contributed by atoms with van der Waals surface area (Å²) >= 11 is 5.87. The lowest BCUT2D eigenvalue weighted by atomic mass is 10.0. The first kappa shape index (κ1) is 20.0. The Morgan fingerprint density at radius 2 is 2.17 bits per heavy atom. The van der Waals surface area contributed by atoms with Gasteiger partial charge in [-0.2, -0.15) is 5.26 Å². The molecule has 1 N–H and O–H groups in total. The first-order valence-electron chi connectivity index (χ1n) is 9.56. The minimum atomic E-state index is -0.406. The highest BCUT2D eigenvalue weighted by Crippen LogP contribution is 2.27. The van der Waals surface area contributed by atoms with Gasteiger partial charge in [-0.25, -0.2) is 9.78 Å². The molecule has 8 nitrogen and oxygen atoms in total. The van der Waals surface area contributed by atoms with Crippen molar-refractivity contribution in [2.45, 2.75) is 31.5 Å². The molecule has 0 radical (unpaired) electrons. The Labute approximate surface area is 178 Å². The van der Waals surface area contributed by atoms with Crippen LogP contribution < -0.4 is 10.1 Å². The third-order valence-electron chi connectivity index (χ3n) is 5.12. The van der Waals surface area contributed by atoms with Gasteiger partial charge >= 0.3 is 6.09 Å². The van der Waals surface area contributed by atoms with Gasteiger partial charge in [-0.1, -0.05) is 23.7 Å². The van der Waals surface area contributed by atoms with E-state index < -0.39 is 5.91 Å². The maximum absolute atomic E-state index is 12.6. The van der Waals surface area contributed by atoms with Gasteiger partial charge in [-0.3, -0.25) is 4.79 Å². The fraction of sp³-hybridized carbons (Fsp3) is 0.333. The van der Waals surface area contributed by atoms with E-state index in [0.29, 0.717) is 43.3 Å². The van der Waals surface area contributed by atoms with Gasteiger partial charge in [0, 0.05) is 43.1 Å². The van der Waals surface area contributed by atoms with Crippen LogP contribution >= 0.6 is 11.6 Å². The Bertz CT molecular complexity index is 1010. The molecule has 2 amide bonds.